The molecule has 2 aromatic carbocycles. The summed E-state index contributed by atoms with van der Waals surface area (Å²) in [6.07, 6.45) is 1.14. The maximum absolute atomic E-state index is 11.4. The number of nitroso groups, excluding NO2 is 1. The van der Waals surface area contributed by atoms with E-state index < -0.39 is 21.9 Å². The zero-order chi connectivity index (χ0) is 17.7. The fourth-order valence-electron chi connectivity index (χ4n) is 2.05. The van der Waals surface area contributed by atoms with Gasteiger partial charge >= 0.3 is 0 Å². The van der Waals surface area contributed by atoms with Crippen LogP contribution in [0, 0.1) is 4.91 Å². The van der Waals surface area contributed by atoms with Gasteiger partial charge in [0.05, 0.1) is 10.6 Å². The Morgan fingerprint density at radius 1 is 1.00 bits per heavy atom. The highest BCUT2D eigenvalue weighted by Crippen LogP contribution is 2.27. The first-order valence-corrected chi connectivity index (χ1v) is 9.37. The lowest BCUT2D eigenvalue weighted by atomic mass is 10.0. The van der Waals surface area contributed by atoms with Gasteiger partial charge in [-0.15, -0.1) is 0 Å². The van der Waals surface area contributed by atoms with Gasteiger partial charge in [-0.2, -0.15) is 15.1 Å². The Balaban J connectivity index is 2.27. The van der Waals surface area contributed by atoms with Crippen LogP contribution >= 0.6 is 11.6 Å². The topological polar surface area (TPSA) is 88.3 Å². The zero-order valence-electron chi connectivity index (χ0n) is 13.1. The quantitative estimate of drug-likeness (QED) is 0.547. The molecule has 2 aromatic rings. The van der Waals surface area contributed by atoms with E-state index in [0.717, 1.165) is 11.8 Å². The van der Waals surface area contributed by atoms with E-state index in [1.54, 1.807) is 43.3 Å². The van der Waals surface area contributed by atoms with Gasteiger partial charge in [-0.1, -0.05) is 28.9 Å². The molecule has 0 radical (unpaired) electrons. The first-order valence-electron chi connectivity index (χ1n) is 7.10. The minimum atomic E-state index is -3.26. The minimum Gasteiger partial charge on any atom is -0.224 e. The highest BCUT2D eigenvalue weighted by atomic mass is 35.5. The van der Waals surface area contributed by atoms with Gasteiger partial charge in [-0.25, -0.2) is 8.42 Å². The molecule has 126 valence electrons. The molecule has 0 saturated carbocycles. The van der Waals surface area contributed by atoms with E-state index in [1.807, 2.05) is 0 Å². The maximum Gasteiger partial charge on any atom is 0.175 e. The SMILES string of the molecule is CC(N=O)C(N=Nc1ccc(S(C)(=O)=O)cc1)c1ccc(Cl)cc1. The number of azo groups is 1. The first kappa shape index (κ1) is 18.2. The van der Waals surface area contributed by atoms with Crippen LogP contribution in [0.25, 0.3) is 0 Å². The summed E-state index contributed by atoms with van der Waals surface area (Å²) < 4.78 is 22.9. The number of rotatable bonds is 6. The van der Waals surface area contributed by atoms with Crippen LogP contribution in [0.1, 0.15) is 18.5 Å². The van der Waals surface area contributed by atoms with E-state index in [0.29, 0.717) is 10.7 Å². The van der Waals surface area contributed by atoms with Gasteiger partial charge in [0.25, 0.3) is 0 Å². The molecule has 6 nitrogen and oxygen atoms in total. The van der Waals surface area contributed by atoms with E-state index in [4.69, 9.17) is 11.6 Å². The van der Waals surface area contributed by atoms with E-state index in [9.17, 15) is 13.3 Å². The van der Waals surface area contributed by atoms with Crippen LogP contribution in [0.3, 0.4) is 0 Å². The highest BCUT2D eigenvalue weighted by molar-refractivity contribution is 7.90. The Bertz CT molecular complexity index is 834. The number of sulfone groups is 1. The average Bonchev–Trinajstić information content (AvgIpc) is 2.56. The number of hydrogen-bond acceptors (Lipinski definition) is 6. The molecular formula is C16H16ClN3O3S. The van der Waals surface area contributed by atoms with Gasteiger partial charge in [-0.05, 0) is 48.9 Å². The molecule has 0 aliphatic rings. The molecule has 0 saturated heterocycles. The lowest BCUT2D eigenvalue weighted by Gasteiger charge is -2.13. The number of benzene rings is 2. The van der Waals surface area contributed by atoms with Crippen molar-refractivity contribution in [2.75, 3.05) is 6.26 Å². The zero-order valence-corrected chi connectivity index (χ0v) is 14.7. The van der Waals surface area contributed by atoms with Crippen molar-refractivity contribution in [2.24, 2.45) is 15.4 Å². The summed E-state index contributed by atoms with van der Waals surface area (Å²) >= 11 is 5.87. The second-order valence-electron chi connectivity index (χ2n) is 5.32. The second-order valence-corrected chi connectivity index (χ2v) is 7.78. The molecule has 0 N–H and O–H groups in total. The normalized spacial score (nSPS) is 14.5. The molecule has 2 unspecified atom stereocenters. The standard InChI is InChI=1S/C16H16ClN3O3S/c1-11(20-21)16(12-3-5-13(17)6-4-12)19-18-14-7-9-15(10-8-14)24(2,22)23/h3-11,16H,1-2H3. The van der Waals surface area contributed by atoms with Gasteiger partial charge in [0, 0.05) is 11.3 Å². The minimum absolute atomic E-state index is 0.207. The predicted molar refractivity (Wildman–Crippen MR) is 93.5 cm³/mol. The first-order chi connectivity index (χ1) is 11.3. The fourth-order valence-corrected chi connectivity index (χ4v) is 2.80. The summed E-state index contributed by atoms with van der Waals surface area (Å²) in [5, 5.41) is 11.9. The van der Waals surface area contributed by atoms with Gasteiger partial charge in [0.15, 0.2) is 9.84 Å². The van der Waals surface area contributed by atoms with Crippen molar-refractivity contribution in [3.8, 4) is 0 Å². The van der Waals surface area contributed by atoms with Crippen LogP contribution in [0.2, 0.25) is 5.02 Å². The Hall–Kier alpha value is -2.12. The van der Waals surface area contributed by atoms with E-state index in [1.165, 1.54) is 12.1 Å². The molecule has 0 bridgehead atoms. The predicted octanol–water partition coefficient (Wildman–Crippen LogP) is 4.72. The maximum atomic E-state index is 11.4. The van der Waals surface area contributed by atoms with Crippen molar-refractivity contribution in [2.45, 2.75) is 23.9 Å². The molecule has 0 fully saturated rings. The molecule has 0 aliphatic carbocycles. The number of halogens is 1. The number of nitrogens with zero attached hydrogens (tertiary/aromatic N) is 3. The summed E-state index contributed by atoms with van der Waals surface area (Å²) in [6.45, 7) is 1.65. The van der Waals surface area contributed by atoms with Crippen LogP contribution in [0.5, 0.6) is 0 Å². The largest absolute Gasteiger partial charge is 0.224 e. The number of hydrogen-bond donors (Lipinski definition) is 0. The third kappa shape index (κ3) is 4.69. The van der Waals surface area contributed by atoms with E-state index in [2.05, 4.69) is 15.4 Å². The molecule has 2 atom stereocenters. The van der Waals surface area contributed by atoms with Gasteiger partial charge in [0.2, 0.25) is 0 Å². The average molecular weight is 366 g/mol. The Morgan fingerprint density at radius 3 is 2.08 bits per heavy atom. The van der Waals surface area contributed by atoms with Crippen LogP contribution in [-0.2, 0) is 9.84 Å². The van der Waals surface area contributed by atoms with Gasteiger partial charge in [0.1, 0.15) is 12.1 Å². The van der Waals surface area contributed by atoms with Gasteiger partial charge < -0.3 is 0 Å². The van der Waals surface area contributed by atoms with Crippen molar-refractivity contribution in [3.05, 3.63) is 64.0 Å². The molecule has 0 heterocycles. The van der Waals surface area contributed by atoms with Crippen molar-refractivity contribution < 1.29 is 8.42 Å². The molecule has 2 rings (SSSR count). The molecule has 0 spiro atoms. The third-order valence-electron chi connectivity index (χ3n) is 3.40. The summed E-state index contributed by atoms with van der Waals surface area (Å²) in [7, 11) is -3.26. The van der Waals surface area contributed by atoms with E-state index >= 15 is 0 Å². The van der Waals surface area contributed by atoms with Crippen molar-refractivity contribution in [1.82, 2.24) is 0 Å². The molecule has 0 aliphatic heterocycles. The monoisotopic (exact) mass is 365 g/mol. The molecular weight excluding hydrogens is 350 g/mol. The summed E-state index contributed by atoms with van der Waals surface area (Å²) in [4.78, 5) is 11.1. The Morgan fingerprint density at radius 2 is 1.58 bits per heavy atom. The highest BCUT2D eigenvalue weighted by Gasteiger charge is 2.19. The summed E-state index contributed by atoms with van der Waals surface area (Å²) in [6, 6.07) is 11.8. The summed E-state index contributed by atoms with van der Waals surface area (Å²) in [5.41, 5.74) is 1.25. The molecule has 8 heteroatoms. The van der Waals surface area contributed by atoms with Crippen LogP contribution < -0.4 is 0 Å². The third-order valence-corrected chi connectivity index (χ3v) is 4.78. The summed E-state index contributed by atoms with van der Waals surface area (Å²) in [5.74, 6) is 0. The molecule has 0 aromatic heterocycles. The second kappa shape index (κ2) is 7.63. The smallest absolute Gasteiger partial charge is 0.175 e. The van der Waals surface area contributed by atoms with Crippen LogP contribution in [0.4, 0.5) is 5.69 Å². The van der Waals surface area contributed by atoms with Gasteiger partial charge in [-0.3, -0.25) is 0 Å². The van der Waals surface area contributed by atoms with Crippen molar-refractivity contribution >= 4 is 27.1 Å². The van der Waals surface area contributed by atoms with Crippen molar-refractivity contribution in [1.29, 1.82) is 0 Å². The molecule has 0 amide bonds. The molecule has 24 heavy (non-hydrogen) atoms. The van der Waals surface area contributed by atoms with Crippen LogP contribution in [0.15, 0.2) is 68.8 Å². The van der Waals surface area contributed by atoms with E-state index in [-0.39, 0.29) is 4.90 Å². The van der Waals surface area contributed by atoms with Crippen molar-refractivity contribution in [3.63, 3.8) is 0 Å². The lowest BCUT2D eigenvalue weighted by molar-refractivity contribution is 0.567. The Labute approximate surface area is 145 Å². The van der Waals surface area contributed by atoms with Crippen LogP contribution in [-0.4, -0.2) is 20.7 Å². The Kier molecular flexibility index (Phi) is 5.80. The fraction of sp³-hybridized carbons (Fsp3) is 0.250. The lowest BCUT2D eigenvalue weighted by Crippen LogP contribution is -2.09.